The number of hydrogen-bond donors (Lipinski definition) is 1. The molecule has 1 aliphatic rings. The van der Waals surface area contributed by atoms with Gasteiger partial charge in [-0.1, -0.05) is 29.8 Å². The smallest absolute Gasteiger partial charge is 0.394 e. The summed E-state index contributed by atoms with van der Waals surface area (Å²) in [5.74, 6) is -5.61. The summed E-state index contributed by atoms with van der Waals surface area (Å²) >= 11 is 0. The molecule has 2 rings (SSSR count). The van der Waals surface area contributed by atoms with Crippen LogP contribution in [0.3, 0.4) is 0 Å². The summed E-state index contributed by atoms with van der Waals surface area (Å²) in [6.45, 7) is 0.896. The number of aryl methyl sites for hydroxylation is 1. The predicted octanol–water partition coefficient (Wildman–Crippen LogP) is 2.26. The molecule has 0 saturated carbocycles. The number of carbonyl (C=O) groups excluding carboxylic acids is 1. The first-order valence-electron chi connectivity index (χ1n) is 6.81. The van der Waals surface area contributed by atoms with Gasteiger partial charge in [0, 0.05) is 13.1 Å². The van der Waals surface area contributed by atoms with E-state index in [-0.39, 0.29) is 6.42 Å². The van der Waals surface area contributed by atoms with Crippen LogP contribution in [-0.2, 0) is 16.0 Å². The van der Waals surface area contributed by atoms with Gasteiger partial charge in [0.1, 0.15) is 0 Å². The van der Waals surface area contributed by atoms with Crippen LogP contribution >= 0.6 is 0 Å². The number of amides is 1. The number of rotatable bonds is 3. The first-order chi connectivity index (χ1) is 10.2. The van der Waals surface area contributed by atoms with E-state index < -0.39 is 43.0 Å². The van der Waals surface area contributed by atoms with Gasteiger partial charge in [0.15, 0.2) is 0 Å². The standard InChI is InChI=1S/C15H16F3NO3/c1-9-2-4-10(5-3-9)6-13(20)19-7-11(14(21)22)12(8-19)15(16,17)18/h2-5,11-12H,6-8H2,1H3,(H,21,22)/t11-,12-/m1/s1. The molecule has 1 heterocycles. The first kappa shape index (κ1) is 16.3. The minimum absolute atomic E-state index is 0.0306. The molecular formula is C15H16F3NO3. The highest BCUT2D eigenvalue weighted by atomic mass is 19.4. The number of likely N-dealkylation sites (tertiary alicyclic amines) is 1. The molecule has 1 aliphatic heterocycles. The van der Waals surface area contributed by atoms with Gasteiger partial charge in [-0.05, 0) is 12.5 Å². The molecule has 0 spiro atoms. The summed E-state index contributed by atoms with van der Waals surface area (Å²) in [6, 6.07) is 7.09. The van der Waals surface area contributed by atoms with Gasteiger partial charge >= 0.3 is 12.1 Å². The molecule has 7 heteroatoms. The highest BCUT2D eigenvalue weighted by molar-refractivity contribution is 5.81. The fourth-order valence-corrected chi connectivity index (χ4v) is 2.58. The number of halogens is 3. The lowest BCUT2D eigenvalue weighted by Gasteiger charge is -2.18. The summed E-state index contributed by atoms with van der Waals surface area (Å²) in [5, 5.41) is 8.93. The lowest BCUT2D eigenvalue weighted by atomic mass is 9.96. The van der Waals surface area contributed by atoms with Crippen molar-refractivity contribution in [2.24, 2.45) is 11.8 Å². The normalized spacial score (nSPS) is 21.9. The number of nitrogens with zero attached hydrogens (tertiary/aromatic N) is 1. The highest BCUT2D eigenvalue weighted by Crippen LogP contribution is 2.37. The number of alkyl halides is 3. The Morgan fingerprint density at radius 1 is 1.23 bits per heavy atom. The number of carboxylic acid groups (broad SMARTS) is 1. The molecule has 0 bridgehead atoms. The molecule has 4 nitrogen and oxygen atoms in total. The van der Waals surface area contributed by atoms with Crippen LogP contribution in [0.15, 0.2) is 24.3 Å². The van der Waals surface area contributed by atoms with Gasteiger partial charge in [0.2, 0.25) is 5.91 Å². The van der Waals surface area contributed by atoms with Crippen molar-refractivity contribution < 1.29 is 27.9 Å². The van der Waals surface area contributed by atoms with Crippen LogP contribution in [0.4, 0.5) is 13.2 Å². The number of carboxylic acids is 1. The first-order valence-corrected chi connectivity index (χ1v) is 6.81. The van der Waals surface area contributed by atoms with Gasteiger partial charge in [0.05, 0.1) is 18.3 Å². The SMILES string of the molecule is Cc1ccc(CC(=O)N2C[C@@H](C(F)(F)F)[C@H](C(=O)O)C2)cc1. The Labute approximate surface area is 125 Å². The molecule has 1 N–H and O–H groups in total. The Balaban J connectivity index is 2.08. The predicted molar refractivity (Wildman–Crippen MR) is 72.1 cm³/mol. The Kier molecular flexibility index (Phi) is 4.44. The van der Waals surface area contributed by atoms with Crippen LogP contribution in [0.2, 0.25) is 0 Å². The van der Waals surface area contributed by atoms with E-state index >= 15 is 0 Å². The van der Waals surface area contributed by atoms with Crippen molar-refractivity contribution in [3.05, 3.63) is 35.4 Å². The maximum Gasteiger partial charge on any atom is 0.394 e. The molecule has 1 fully saturated rings. The maximum absolute atomic E-state index is 12.9. The summed E-state index contributed by atoms with van der Waals surface area (Å²) in [6.07, 6.45) is -4.65. The van der Waals surface area contributed by atoms with E-state index in [0.29, 0.717) is 5.56 Å². The van der Waals surface area contributed by atoms with Crippen molar-refractivity contribution in [2.45, 2.75) is 19.5 Å². The van der Waals surface area contributed by atoms with Crippen LogP contribution in [0.1, 0.15) is 11.1 Å². The average molecular weight is 315 g/mol. The zero-order valence-corrected chi connectivity index (χ0v) is 11.9. The van der Waals surface area contributed by atoms with E-state index in [1.54, 1.807) is 12.1 Å². The molecule has 0 radical (unpaired) electrons. The van der Waals surface area contributed by atoms with E-state index in [1.807, 2.05) is 19.1 Å². The second-order valence-corrected chi connectivity index (χ2v) is 5.55. The molecule has 0 unspecified atom stereocenters. The second-order valence-electron chi connectivity index (χ2n) is 5.55. The van der Waals surface area contributed by atoms with Crippen LogP contribution in [0.25, 0.3) is 0 Å². The molecular weight excluding hydrogens is 299 g/mol. The third kappa shape index (κ3) is 3.58. The second kappa shape index (κ2) is 5.98. The lowest BCUT2D eigenvalue weighted by molar-refractivity contribution is -0.188. The van der Waals surface area contributed by atoms with Crippen molar-refractivity contribution in [1.29, 1.82) is 0 Å². The van der Waals surface area contributed by atoms with Gasteiger partial charge in [0.25, 0.3) is 0 Å². The molecule has 1 saturated heterocycles. The third-order valence-electron chi connectivity index (χ3n) is 3.89. The fourth-order valence-electron chi connectivity index (χ4n) is 2.58. The van der Waals surface area contributed by atoms with Crippen molar-refractivity contribution in [3.8, 4) is 0 Å². The minimum atomic E-state index is -4.62. The summed E-state index contributed by atoms with van der Waals surface area (Å²) in [5.41, 5.74) is 1.71. The van der Waals surface area contributed by atoms with E-state index in [4.69, 9.17) is 5.11 Å². The van der Waals surface area contributed by atoms with E-state index in [9.17, 15) is 22.8 Å². The Bertz CT molecular complexity index is 568. The van der Waals surface area contributed by atoms with Gasteiger partial charge in [-0.25, -0.2) is 0 Å². The third-order valence-corrected chi connectivity index (χ3v) is 3.89. The van der Waals surface area contributed by atoms with Crippen LogP contribution in [0, 0.1) is 18.8 Å². The zero-order valence-electron chi connectivity index (χ0n) is 11.9. The summed E-state index contributed by atoms with van der Waals surface area (Å²) < 4.78 is 38.6. The number of aliphatic carboxylic acids is 1. The van der Waals surface area contributed by atoms with Crippen molar-refractivity contribution >= 4 is 11.9 Å². The number of carbonyl (C=O) groups is 2. The minimum Gasteiger partial charge on any atom is -0.481 e. The fraction of sp³-hybridized carbons (Fsp3) is 0.467. The van der Waals surface area contributed by atoms with Crippen LogP contribution in [0.5, 0.6) is 0 Å². The number of benzene rings is 1. The average Bonchev–Trinajstić information content (AvgIpc) is 2.86. The van der Waals surface area contributed by atoms with Crippen LogP contribution in [-0.4, -0.2) is 41.1 Å². The summed E-state index contributed by atoms with van der Waals surface area (Å²) in [7, 11) is 0. The molecule has 0 aliphatic carbocycles. The van der Waals surface area contributed by atoms with E-state index in [1.165, 1.54) is 0 Å². The molecule has 0 aromatic heterocycles. The Morgan fingerprint density at radius 3 is 2.27 bits per heavy atom. The van der Waals surface area contributed by atoms with Crippen LogP contribution < -0.4 is 0 Å². The Morgan fingerprint density at radius 2 is 1.82 bits per heavy atom. The van der Waals surface area contributed by atoms with Gasteiger partial charge in [-0.2, -0.15) is 13.2 Å². The van der Waals surface area contributed by atoms with E-state index in [0.717, 1.165) is 10.5 Å². The quantitative estimate of drug-likeness (QED) is 0.931. The lowest BCUT2D eigenvalue weighted by Crippen LogP contribution is -2.34. The van der Waals surface area contributed by atoms with Gasteiger partial charge in [-0.15, -0.1) is 0 Å². The number of hydrogen-bond acceptors (Lipinski definition) is 2. The van der Waals surface area contributed by atoms with Crippen molar-refractivity contribution in [3.63, 3.8) is 0 Å². The van der Waals surface area contributed by atoms with E-state index in [2.05, 4.69) is 0 Å². The van der Waals surface area contributed by atoms with Gasteiger partial charge in [-0.3, -0.25) is 9.59 Å². The Hall–Kier alpha value is -2.05. The largest absolute Gasteiger partial charge is 0.481 e. The molecule has 2 atom stereocenters. The molecule has 120 valence electrons. The summed E-state index contributed by atoms with van der Waals surface area (Å²) in [4.78, 5) is 24.1. The van der Waals surface area contributed by atoms with Gasteiger partial charge < -0.3 is 10.0 Å². The maximum atomic E-state index is 12.9. The van der Waals surface area contributed by atoms with Crippen molar-refractivity contribution in [2.75, 3.05) is 13.1 Å². The molecule has 1 aromatic rings. The highest BCUT2D eigenvalue weighted by Gasteiger charge is 2.53. The molecule has 22 heavy (non-hydrogen) atoms. The molecule has 1 aromatic carbocycles. The van der Waals surface area contributed by atoms with Crippen molar-refractivity contribution in [1.82, 2.24) is 4.90 Å². The zero-order chi connectivity index (χ0) is 16.5. The monoisotopic (exact) mass is 315 g/mol. The molecule has 1 amide bonds. The topological polar surface area (TPSA) is 57.6 Å².